The molecule has 2 N–H and O–H groups in total. The second kappa shape index (κ2) is 9.33. The number of nitrogens with zero attached hydrogens (tertiary/aromatic N) is 1. The molecule has 0 saturated heterocycles. The number of fused-ring (bicyclic) bond motifs is 1. The minimum atomic E-state index is -3.84. The first kappa shape index (κ1) is 22.3. The van der Waals surface area contributed by atoms with E-state index in [1.807, 2.05) is 31.2 Å². The zero-order chi connectivity index (χ0) is 23.4. The van der Waals surface area contributed by atoms with Crippen molar-refractivity contribution in [1.29, 1.82) is 0 Å². The molecule has 0 aliphatic carbocycles. The molecule has 3 aromatic carbocycles. The molecule has 0 bridgehead atoms. The summed E-state index contributed by atoms with van der Waals surface area (Å²) in [5, 5.41) is 0. The van der Waals surface area contributed by atoms with Gasteiger partial charge >= 0.3 is 0 Å². The number of nitrogens with one attached hydrogen (secondary N) is 2. The van der Waals surface area contributed by atoms with E-state index in [0.29, 0.717) is 24.4 Å². The van der Waals surface area contributed by atoms with Crippen LogP contribution in [0.1, 0.15) is 21.5 Å². The average Bonchev–Trinajstić information content (AvgIpc) is 3.26. The van der Waals surface area contributed by atoms with Crippen molar-refractivity contribution < 1.29 is 22.7 Å². The number of rotatable bonds is 6. The Morgan fingerprint density at radius 3 is 2.58 bits per heavy atom. The topological polar surface area (TPSA) is 105 Å². The summed E-state index contributed by atoms with van der Waals surface area (Å²) < 4.78 is 33.1. The second-order valence-electron chi connectivity index (χ2n) is 7.59. The quantitative estimate of drug-likeness (QED) is 0.545. The Morgan fingerprint density at radius 1 is 0.970 bits per heavy atom. The van der Waals surface area contributed by atoms with E-state index in [4.69, 9.17) is 4.74 Å². The van der Waals surface area contributed by atoms with Crippen LogP contribution in [-0.4, -0.2) is 33.4 Å². The van der Waals surface area contributed by atoms with Gasteiger partial charge in [-0.3, -0.25) is 24.7 Å². The number of carbonyl (C=O) groups excluding carboxylic acids is 2. The molecule has 1 aliphatic rings. The number of para-hydroxylation sites is 1. The molecule has 3 aromatic rings. The maximum atomic E-state index is 13.2. The number of hydrazine groups is 1. The van der Waals surface area contributed by atoms with Crippen LogP contribution in [0.2, 0.25) is 0 Å². The van der Waals surface area contributed by atoms with Gasteiger partial charge in [-0.2, -0.15) is 0 Å². The second-order valence-corrected chi connectivity index (χ2v) is 9.45. The molecule has 0 spiro atoms. The maximum absolute atomic E-state index is 13.2. The van der Waals surface area contributed by atoms with E-state index in [9.17, 15) is 18.0 Å². The van der Waals surface area contributed by atoms with Gasteiger partial charge in [-0.25, -0.2) is 8.42 Å². The third-order valence-electron chi connectivity index (χ3n) is 5.20. The molecular formula is C24H23N3O5S. The van der Waals surface area contributed by atoms with Crippen molar-refractivity contribution in [3.63, 3.8) is 0 Å². The average molecular weight is 466 g/mol. The van der Waals surface area contributed by atoms with Crippen LogP contribution in [0.25, 0.3) is 0 Å². The highest BCUT2D eigenvalue weighted by Crippen LogP contribution is 2.32. The van der Waals surface area contributed by atoms with Crippen LogP contribution >= 0.6 is 0 Å². The number of anilines is 1. The molecule has 0 fully saturated rings. The van der Waals surface area contributed by atoms with E-state index in [1.54, 1.807) is 24.3 Å². The SMILES string of the molecule is Cc1cccc(OCC(=O)NNC(=O)c2cccc(S(=O)(=O)N3CCc4ccccc43)c2)c1. The molecule has 0 atom stereocenters. The molecule has 1 heterocycles. The van der Waals surface area contributed by atoms with Crippen LogP contribution < -0.4 is 19.9 Å². The molecule has 0 aromatic heterocycles. The van der Waals surface area contributed by atoms with Crippen molar-refractivity contribution in [3.8, 4) is 5.75 Å². The first-order chi connectivity index (χ1) is 15.8. The number of ether oxygens (including phenoxy) is 1. The van der Waals surface area contributed by atoms with E-state index >= 15 is 0 Å². The minimum absolute atomic E-state index is 0.000889. The largest absolute Gasteiger partial charge is 0.484 e. The summed E-state index contributed by atoms with van der Waals surface area (Å²) >= 11 is 0. The number of carbonyl (C=O) groups is 2. The number of amides is 2. The summed E-state index contributed by atoms with van der Waals surface area (Å²) in [6.07, 6.45) is 0.631. The van der Waals surface area contributed by atoms with E-state index < -0.39 is 21.8 Å². The molecular weight excluding hydrogens is 442 g/mol. The molecule has 4 rings (SSSR count). The molecule has 0 unspecified atom stereocenters. The Labute approximate surface area is 192 Å². The molecule has 8 nitrogen and oxygen atoms in total. The zero-order valence-corrected chi connectivity index (χ0v) is 18.8. The zero-order valence-electron chi connectivity index (χ0n) is 17.9. The van der Waals surface area contributed by atoms with Crippen molar-refractivity contribution in [1.82, 2.24) is 10.9 Å². The summed E-state index contributed by atoms with van der Waals surface area (Å²) in [5.41, 5.74) is 7.26. The summed E-state index contributed by atoms with van der Waals surface area (Å²) in [6.45, 7) is 1.96. The summed E-state index contributed by atoms with van der Waals surface area (Å²) in [7, 11) is -3.84. The minimum Gasteiger partial charge on any atom is -0.484 e. The van der Waals surface area contributed by atoms with Crippen LogP contribution in [0.3, 0.4) is 0 Å². The van der Waals surface area contributed by atoms with Gasteiger partial charge in [-0.15, -0.1) is 0 Å². The van der Waals surface area contributed by atoms with Gasteiger partial charge in [0.05, 0.1) is 10.6 Å². The predicted octanol–water partition coefficient (Wildman–Crippen LogP) is 2.59. The monoisotopic (exact) mass is 465 g/mol. The highest BCUT2D eigenvalue weighted by atomic mass is 32.2. The number of hydrogen-bond donors (Lipinski definition) is 2. The maximum Gasteiger partial charge on any atom is 0.276 e. The molecule has 0 radical (unpaired) electrons. The van der Waals surface area contributed by atoms with Crippen LogP contribution in [0, 0.1) is 6.92 Å². The molecule has 2 amide bonds. The third kappa shape index (κ3) is 4.98. The highest BCUT2D eigenvalue weighted by molar-refractivity contribution is 7.92. The van der Waals surface area contributed by atoms with E-state index in [1.165, 1.54) is 28.6 Å². The Balaban J connectivity index is 1.39. The number of benzene rings is 3. The van der Waals surface area contributed by atoms with Gasteiger partial charge in [0.2, 0.25) is 0 Å². The lowest BCUT2D eigenvalue weighted by Crippen LogP contribution is -2.43. The van der Waals surface area contributed by atoms with Crippen LogP contribution in [0.5, 0.6) is 5.75 Å². The molecule has 0 saturated carbocycles. The lowest BCUT2D eigenvalue weighted by atomic mass is 10.2. The normalized spacial score (nSPS) is 12.7. The predicted molar refractivity (Wildman–Crippen MR) is 123 cm³/mol. The van der Waals surface area contributed by atoms with Crippen molar-refractivity contribution in [2.24, 2.45) is 0 Å². The number of aryl methyl sites for hydroxylation is 1. The Morgan fingerprint density at radius 2 is 1.76 bits per heavy atom. The van der Waals surface area contributed by atoms with Crippen molar-refractivity contribution >= 4 is 27.5 Å². The Kier molecular flexibility index (Phi) is 6.32. The van der Waals surface area contributed by atoms with Crippen LogP contribution in [0.15, 0.2) is 77.7 Å². The molecule has 33 heavy (non-hydrogen) atoms. The Hall–Kier alpha value is -3.85. The number of sulfonamides is 1. The lowest BCUT2D eigenvalue weighted by molar-refractivity contribution is -0.123. The highest BCUT2D eigenvalue weighted by Gasteiger charge is 2.30. The van der Waals surface area contributed by atoms with E-state index in [2.05, 4.69) is 10.9 Å². The van der Waals surface area contributed by atoms with E-state index in [-0.39, 0.29) is 17.1 Å². The van der Waals surface area contributed by atoms with Gasteiger partial charge in [0.1, 0.15) is 5.75 Å². The van der Waals surface area contributed by atoms with Crippen molar-refractivity contribution in [2.75, 3.05) is 17.5 Å². The third-order valence-corrected chi connectivity index (χ3v) is 7.01. The van der Waals surface area contributed by atoms with Gasteiger partial charge in [0, 0.05) is 12.1 Å². The lowest BCUT2D eigenvalue weighted by Gasteiger charge is -2.20. The van der Waals surface area contributed by atoms with Gasteiger partial charge in [0.25, 0.3) is 21.8 Å². The first-order valence-corrected chi connectivity index (χ1v) is 11.8. The van der Waals surface area contributed by atoms with Gasteiger partial charge < -0.3 is 4.74 Å². The summed E-state index contributed by atoms with van der Waals surface area (Å²) in [6, 6.07) is 20.3. The standard InChI is InChI=1S/C24H23N3O5S/c1-17-6-4-9-20(14-17)32-16-23(28)25-26-24(29)19-8-5-10-21(15-19)33(30,31)27-13-12-18-7-2-3-11-22(18)27/h2-11,14-15H,12-13,16H2,1H3,(H,25,28)(H,26,29). The fraction of sp³-hybridized carbons (Fsp3) is 0.167. The summed E-state index contributed by atoms with van der Waals surface area (Å²) in [5.74, 6) is -0.655. The van der Waals surface area contributed by atoms with E-state index in [0.717, 1.165) is 11.1 Å². The Bertz CT molecular complexity index is 1310. The van der Waals surface area contributed by atoms with Crippen LogP contribution in [0.4, 0.5) is 5.69 Å². The van der Waals surface area contributed by atoms with Crippen molar-refractivity contribution in [2.45, 2.75) is 18.2 Å². The number of hydrogen-bond acceptors (Lipinski definition) is 5. The van der Waals surface area contributed by atoms with Gasteiger partial charge in [0.15, 0.2) is 6.61 Å². The fourth-order valence-corrected chi connectivity index (χ4v) is 5.12. The molecule has 1 aliphatic heterocycles. The van der Waals surface area contributed by atoms with Crippen LogP contribution in [-0.2, 0) is 21.2 Å². The van der Waals surface area contributed by atoms with Gasteiger partial charge in [-0.05, 0) is 60.9 Å². The smallest absolute Gasteiger partial charge is 0.276 e. The van der Waals surface area contributed by atoms with Crippen molar-refractivity contribution in [3.05, 3.63) is 89.5 Å². The fourth-order valence-electron chi connectivity index (χ4n) is 3.57. The van der Waals surface area contributed by atoms with Gasteiger partial charge in [-0.1, -0.05) is 36.4 Å². The summed E-state index contributed by atoms with van der Waals surface area (Å²) in [4.78, 5) is 24.5. The molecule has 9 heteroatoms. The first-order valence-electron chi connectivity index (χ1n) is 10.3. The molecule has 170 valence electrons.